The normalized spacial score (nSPS) is 12.4. The Morgan fingerprint density at radius 3 is 2.40 bits per heavy atom. The number of aromatic nitrogens is 3. The van der Waals surface area contributed by atoms with Gasteiger partial charge >= 0.3 is 6.18 Å². The molecule has 0 bridgehead atoms. The number of nitrogens with two attached hydrogens (primary N) is 1. The van der Waals surface area contributed by atoms with Crippen LogP contribution in [0.3, 0.4) is 0 Å². The van der Waals surface area contributed by atoms with Crippen molar-refractivity contribution in [3.05, 3.63) is 101 Å². The van der Waals surface area contributed by atoms with Crippen LogP contribution in [0.5, 0.6) is 0 Å². The van der Waals surface area contributed by atoms with Crippen LogP contribution in [0, 0.1) is 0 Å². The Morgan fingerprint density at radius 2 is 1.71 bits per heavy atom. The van der Waals surface area contributed by atoms with Crippen molar-refractivity contribution in [2.75, 3.05) is 11.9 Å². The van der Waals surface area contributed by atoms with Crippen molar-refractivity contribution in [3.8, 4) is 22.4 Å². The third-order valence-electron chi connectivity index (χ3n) is 5.59. The highest BCUT2D eigenvalue weighted by atomic mass is 19.4. The lowest BCUT2D eigenvalue weighted by molar-refractivity contribution is -0.137. The predicted molar refractivity (Wildman–Crippen MR) is 130 cm³/mol. The lowest BCUT2D eigenvalue weighted by Crippen LogP contribution is -2.34. The van der Waals surface area contributed by atoms with E-state index in [1.165, 1.54) is 36.1 Å². The van der Waals surface area contributed by atoms with E-state index in [1.807, 2.05) is 30.3 Å². The first kappa shape index (κ1) is 24.2. The van der Waals surface area contributed by atoms with Gasteiger partial charge in [-0.25, -0.2) is 4.98 Å². The second kappa shape index (κ2) is 10.1. The number of hydrogen-bond donors (Lipinski definition) is 2. The van der Waals surface area contributed by atoms with Gasteiger partial charge in [0.2, 0.25) is 5.95 Å². The van der Waals surface area contributed by atoms with Crippen molar-refractivity contribution in [2.24, 2.45) is 12.8 Å². The van der Waals surface area contributed by atoms with E-state index >= 15 is 0 Å². The highest BCUT2D eigenvalue weighted by molar-refractivity contribution is 5.81. The maximum atomic E-state index is 13.4. The highest BCUT2D eigenvalue weighted by Crippen LogP contribution is 2.34. The van der Waals surface area contributed by atoms with E-state index in [4.69, 9.17) is 5.73 Å². The number of benzene rings is 2. The molecule has 35 heavy (non-hydrogen) atoms. The average Bonchev–Trinajstić information content (AvgIpc) is 2.85. The Hall–Kier alpha value is -3.98. The molecule has 2 aromatic carbocycles. The number of anilines is 1. The molecule has 3 N–H and O–H groups in total. The standard InChI is InChI=1S/C26H24F3N5O/c1-34-24(35)22(19-8-5-9-20(15-19)26(27,28)29)23(18-10-12-31-13-11-18)33-25(34)32-16-21(30)14-17-6-3-2-4-7-17/h2-13,15,21H,14,16,30H2,1H3,(H,32,33). The van der Waals surface area contributed by atoms with Gasteiger partial charge in [0.05, 0.1) is 16.8 Å². The van der Waals surface area contributed by atoms with Crippen LogP contribution in [-0.2, 0) is 19.6 Å². The van der Waals surface area contributed by atoms with Crippen LogP contribution in [0.25, 0.3) is 22.4 Å². The molecule has 2 aromatic heterocycles. The smallest absolute Gasteiger partial charge is 0.354 e. The van der Waals surface area contributed by atoms with E-state index in [0.29, 0.717) is 18.5 Å². The van der Waals surface area contributed by atoms with Crippen molar-refractivity contribution < 1.29 is 13.2 Å². The van der Waals surface area contributed by atoms with Gasteiger partial charge in [0.25, 0.3) is 5.56 Å². The molecule has 4 aromatic rings. The van der Waals surface area contributed by atoms with Gasteiger partial charge in [-0.2, -0.15) is 13.2 Å². The molecule has 0 fully saturated rings. The fourth-order valence-corrected chi connectivity index (χ4v) is 3.80. The zero-order chi connectivity index (χ0) is 25.0. The fourth-order valence-electron chi connectivity index (χ4n) is 3.80. The molecule has 0 aliphatic carbocycles. The maximum Gasteiger partial charge on any atom is 0.416 e. The molecule has 0 spiro atoms. The van der Waals surface area contributed by atoms with Gasteiger partial charge in [-0.3, -0.25) is 14.3 Å². The van der Waals surface area contributed by atoms with Crippen LogP contribution >= 0.6 is 0 Å². The van der Waals surface area contributed by atoms with E-state index in [9.17, 15) is 18.0 Å². The monoisotopic (exact) mass is 479 g/mol. The molecule has 9 heteroatoms. The van der Waals surface area contributed by atoms with Crippen LogP contribution < -0.4 is 16.6 Å². The SMILES string of the molecule is Cn1c(NCC(N)Cc2ccccc2)nc(-c2ccncc2)c(-c2cccc(C(F)(F)F)c2)c1=O. The van der Waals surface area contributed by atoms with Gasteiger partial charge in [-0.05, 0) is 41.8 Å². The zero-order valence-electron chi connectivity index (χ0n) is 19.0. The van der Waals surface area contributed by atoms with Gasteiger partial charge < -0.3 is 11.1 Å². The Balaban J connectivity index is 1.73. The van der Waals surface area contributed by atoms with Gasteiger partial charge in [-0.1, -0.05) is 42.5 Å². The van der Waals surface area contributed by atoms with Crippen molar-refractivity contribution >= 4 is 5.95 Å². The molecule has 0 aliphatic rings. The van der Waals surface area contributed by atoms with E-state index in [0.717, 1.165) is 17.7 Å². The predicted octanol–water partition coefficient (Wildman–Crippen LogP) is 4.51. The van der Waals surface area contributed by atoms with E-state index in [2.05, 4.69) is 15.3 Å². The van der Waals surface area contributed by atoms with Gasteiger partial charge in [0.1, 0.15) is 0 Å². The maximum absolute atomic E-state index is 13.4. The van der Waals surface area contributed by atoms with Crippen LogP contribution in [0.4, 0.5) is 19.1 Å². The van der Waals surface area contributed by atoms with Crippen molar-refractivity contribution in [1.29, 1.82) is 0 Å². The molecular weight excluding hydrogens is 455 g/mol. The van der Waals surface area contributed by atoms with Gasteiger partial charge in [0.15, 0.2) is 0 Å². The molecule has 0 radical (unpaired) electrons. The topological polar surface area (TPSA) is 85.8 Å². The fraction of sp³-hybridized carbons (Fsp3) is 0.192. The molecule has 0 amide bonds. The van der Waals surface area contributed by atoms with E-state index < -0.39 is 17.3 Å². The summed E-state index contributed by atoms with van der Waals surface area (Å²) in [6.45, 7) is 0.341. The number of nitrogens with zero attached hydrogens (tertiary/aromatic N) is 3. The van der Waals surface area contributed by atoms with Gasteiger partial charge in [-0.15, -0.1) is 0 Å². The number of alkyl halides is 3. The minimum atomic E-state index is -4.54. The number of rotatable bonds is 7. The molecule has 0 saturated heterocycles. The minimum absolute atomic E-state index is 0.0731. The second-order valence-corrected chi connectivity index (χ2v) is 8.17. The third-order valence-corrected chi connectivity index (χ3v) is 5.59. The summed E-state index contributed by atoms with van der Waals surface area (Å²) in [7, 11) is 1.52. The lowest BCUT2D eigenvalue weighted by atomic mass is 9.99. The zero-order valence-corrected chi connectivity index (χ0v) is 19.0. The quantitative estimate of drug-likeness (QED) is 0.407. The largest absolute Gasteiger partial charge is 0.416 e. The molecule has 0 saturated carbocycles. The second-order valence-electron chi connectivity index (χ2n) is 8.17. The first-order valence-electron chi connectivity index (χ1n) is 11.0. The van der Waals surface area contributed by atoms with Crippen LogP contribution in [0.15, 0.2) is 83.9 Å². The third kappa shape index (κ3) is 5.58. The summed E-state index contributed by atoms with van der Waals surface area (Å²) in [5, 5.41) is 3.13. The molecule has 1 unspecified atom stereocenters. The summed E-state index contributed by atoms with van der Waals surface area (Å²) in [6.07, 6.45) is -0.843. The van der Waals surface area contributed by atoms with E-state index in [1.54, 1.807) is 12.1 Å². The minimum Gasteiger partial charge on any atom is -0.354 e. The van der Waals surface area contributed by atoms with Crippen LogP contribution in [-0.4, -0.2) is 27.1 Å². The van der Waals surface area contributed by atoms with E-state index in [-0.39, 0.29) is 28.8 Å². The molecule has 4 rings (SSSR count). The summed E-state index contributed by atoms with van der Waals surface area (Å²) >= 11 is 0. The molecule has 180 valence electrons. The summed E-state index contributed by atoms with van der Waals surface area (Å²) in [5.74, 6) is 0.265. The molecule has 6 nitrogen and oxygen atoms in total. The number of pyridine rings is 1. The Kier molecular flexibility index (Phi) is 6.97. The molecule has 0 aliphatic heterocycles. The van der Waals surface area contributed by atoms with Crippen molar-refractivity contribution in [1.82, 2.24) is 14.5 Å². The number of nitrogens with one attached hydrogen (secondary N) is 1. The first-order chi connectivity index (χ1) is 16.7. The number of hydrogen-bond acceptors (Lipinski definition) is 5. The molecular formula is C26H24F3N5O. The molecule has 1 atom stereocenters. The van der Waals surface area contributed by atoms with Crippen LogP contribution in [0.1, 0.15) is 11.1 Å². The van der Waals surface area contributed by atoms with Crippen LogP contribution in [0.2, 0.25) is 0 Å². The summed E-state index contributed by atoms with van der Waals surface area (Å²) in [4.78, 5) is 22.1. The summed E-state index contributed by atoms with van der Waals surface area (Å²) < 4.78 is 41.3. The lowest BCUT2D eigenvalue weighted by Gasteiger charge is -2.18. The number of halogens is 3. The van der Waals surface area contributed by atoms with Crippen molar-refractivity contribution in [2.45, 2.75) is 18.6 Å². The molecule has 2 heterocycles. The summed E-state index contributed by atoms with van der Waals surface area (Å²) in [6, 6.07) is 17.5. The average molecular weight is 480 g/mol. The Bertz CT molecular complexity index is 1360. The Morgan fingerprint density at radius 1 is 1.00 bits per heavy atom. The Labute approximate surface area is 200 Å². The van der Waals surface area contributed by atoms with Gasteiger partial charge in [0, 0.05) is 37.6 Å². The summed E-state index contributed by atoms with van der Waals surface area (Å²) in [5.41, 5.74) is 7.06. The van der Waals surface area contributed by atoms with Crippen molar-refractivity contribution in [3.63, 3.8) is 0 Å². The highest BCUT2D eigenvalue weighted by Gasteiger charge is 2.31. The first-order valence-corrected chi connectivity index (χ1v) is 11.0.